The van der Waals surface area contributed by atoms with Crippen molar-refractivity contribution in [3.05, 3.63) is 35.5 Å². The maximum atomic E-state index is 12.0. The van der Waals surface area contributed by atoms with E-state index < -0.39 is 0 Å². The van der Waals surface area contributed by atoms with Crippen LogP contribution in [0.15, 0.2) is 24.4 Å². The SMILES string of the molecule is CCC1C(=O)NCCc2c[nH]c3cccc1c23.NC=O. The van der Waals surface area contributed by atoms with E-state index in [0.717, 1.165) is 24.9 Å². The summed E-state index contributed by atoms with van der Waals surface area (Å²) in [7, 11) is 0. The maximum absolute atomic E-state index is 12.0. The van der Waals surface area contributed by atoms with Gasteiger partial charge in [0.15, 0.2) is 0 Å². The molecule has 1 aromatic heterocycles. The van der Waals surface area contributed by atoms with Crippen molar-refractivity contribution in [3.8, 4) is 0 Å². The van der Waals surface area contributed by atoms with Crippen LogP contribution in [0.5, 0.6) is 0 Å². The minimum Gasteiger partial charge on any atom is -0.372 e. The average Bonchev–Trinajstić information content (AvgIpc) is 2.83. The van der Waals surface area contributed by atoms with Gasteiger partial charge in [0.1, 0.15) is 0 Å². The van der Waals surface area contributed by atoms with Crippen LogP contribution in [-0.2, 0) is 16.0 Å². The third-order valence-corrected chi connectivity index (χ3v) is 3.61. The van der Waals surface area contributed by atoms with Crippen molar-refractivity contribution in [2.75, 3.05) is 6.54 Å². The zero-order valence-corrected chi connectivity index (χ0v) is 11.5. The molecule has 0 saturated carbocycles. The fourth-order valence-electron chi connectivity index (χ4n) is 2.76. The number of hydrogen-bond acceptors (Lipinski definition) is 2. The van der Waals surface area contributed by atoms with Crippen LogP contribution in [0.2, 0.25) is 0 Å². The number of H-pyrrole nitrogens is 1. The standard InChI is InChI=1S/C14H16N2O.CH3NO/c1-2-10-11-4-3-5-12-13(11)9(8-16-12)6-7-15-14(10)17;2-1-3/h3-5,8,10,16H,2,6-7H2,1H3,(H,15,17);1H,(H2,2,3). The molecule has 5 heteroatoms. The highest BCUT2D eigenvalue weighted by Crippen LogP contribution is 2.31. The minimum absolute atomic E-state index is 0.0199. The first kappa shape index (κ1) is 14.1. The molecule has 1 atom stereocenters. The monoisotopic (exact) mass is 273 g/mol. The number of hydrogen-bond donors (Lipinski definition) is 3. The van der Waals surface area contributed by atoms with Crippen LogP contribution in [0, 0.1) is 0 Å². The number of aromatic amines is 1. The van der Waals surface area contributed by atoms with Crippen LogP contribution in [0.1, 0.15) is 30.4 Å². The summed E-state index contributed by atoms with van der Waals surface area (Å²) in [5.41, 5.74) is 7.79. The Morgan fingerprint density at radius 3 is 2.90 bits per heavy atom. The second-order valence-corrected chi connectivity index (χ2v) is 4.72. The van der Waals surface area contributed by atoms with E-state index in [1.807, 2.05) is 6.07 Å². The first-order valence-electron chi connectivity index (χ1n) is 6.74. The van der Waals surface area contributed by atoms with Gasteiger partial charge in [0.05, 0.1) is 5.92 Å². The highest BCUT2D eigenvalue weighted by molar-refractivity contribution is 5.94. The smallest absolute Gasteiger partial charge is 0.227 e. The molecule has 3 rings (SSSR count). The molecule has 0 spiro atoms. The van der Waals surface area contributed by atoms with Gasteiger partial charge in [0.2, 0.25) is 12.3 Å². The lowest BCUT2D eigenvalue weighted by molar-refractivity contribution is -0.122. The van der Waals surface area contributed by atoms with Crippen LogP contribution < -0.4 is 11.1 Å². The molecular weight excluding hydrogens is 254 g/mol. The number of nitrogens with one attached hydrogen (secondary N) is 2. The Morgan fingerprint density at radius 2 is 2.20 bits per heavy atom. The normalized spacial score (nSPS) is 17.4. The quantitative estimate of drug-likeness (QED) is 0.686. The largest absolute Gasteiger partial charge is 0.372 e. The van der Waals surface area contributed by atoms with E-state index in [-0.39, 0.29) is 18.2 Å². The lowest BCUT2D eigenvalue weighted by Gasteiger charge is -2.20. The molecule has 1 aromatic carbocycles. The fourth-order valence-corrected chi connectivity index (χ4v) is 2.76. The van der Waals surface area contributed by atoms with Crippen molar-refractivity contribution in [2.24, 2.45) is 5.73 Å². The van der Waals surface area contributed by atoms with E-state index in [4.69, 9.17) is 4.79 Å². The number of primary amides is 1. The van der Waals surface area contributed by atoms with Crippen LogP contribution in [-0.4, -0.2) is 23.8 Å². The van der Waals surface area contributed by atoms with E-state index in [0.29, 0.717) is 0 Å². The molecule has 2 heterocycles. The number of nitrogens with two attached hydrogens (primary N) is 1. The molecule has 5 nitrogen and oxygen atoms in total. The molecule has 106 valence electrons. The maximum Gasteiger partial charge on any atom is 0.227 e. The summed E-state index contributed by atoms with van der Waals surface area (Å²) in [5, 5.41) is 4.26. The first-order valence-corrected chi connectivity index (χ1v) is 6.74. The summed E-state index contributed by atoms with van der Waals surface area (Å²) in [6.45, 7) is 2.80. The molecule has 2 aromatic rings. The minimum atomic E-state index is -0.0199. The van der Waals surface area contributed by atoms with Crippen LogP contribution in [0.4, 0.5) is 0 Å². The highest BCUT2D eigenvalue weighted by atomic mass is 16.1. The molecular formula is C15H19N3O2. The summed E-state index contributed by atoms with van der Waals surface area (Å²) in [4.78, 5) is 23.9. The molecule has 0 radical (unpaired) electrons. The van der Waals surface area contributed by atoms with Gasteiger partial charge in [-0.25, -0.2) is 0 Å². The molecule has 0 fully saturated rings. The van der Waals surface area contributed by atoms with Crippen LogP contribution in [0.25, 0.3) is 10.9 Å². The van der Waals surface area contributed by atoms with Crippen LogP contribution in [0.3, 0.4) is 0 Å². The van der Waals surface area contributed by atoms with Crippen molar-refractivity contribution in [1.29, 1.82) is 0 Å². The first-order chi connectivity index (χ1) is 9.72. The Bertz CT molecular complexity index is 619. The Hall–Kier alpha value is -2.30. The fraction of sp³-hybridized carbons (Fsp3) is 0.333. The molecule has 0 aliphatic carbocycles. The van der Waals surface area contributed by atoms with Gasteiger partial charge in [-0.2, -0.15) is 0 Å². The Morgan fingerprint density at radius 1 is 1.45 bits per heavy atom. The van der Waals surface area contributed by atoms with Gasteiger partial charge in [0, 0.05) is 23.6 Å². The van der Waals surface area contributed by atoms with Gasteiger partial charge in [-0.15, -0.1) is 0 Å². The number of carbonyl (C=O) groups is 2. The average molecular weight is 273 g/mol. The molecule has 0 bridgehead atoms. The zero-order valence-electron chi connectivity index (χ0n) is 11.5. The van der Waals surface area contributed by atoms with Crippen molar-refractivity contribution >= 4 is 23.2 Å². The number of rotatable bonds is 1. The zero-order chi connectivity index (χ0) is 14.5. The molecule has 20 heavy (non-hydrogen) atoms. The lowest BCUT2D eigenvalue weighted by atomic mass is 9.89. The second kappa shape index (κ2) is 6.23. The van der Waals surface area contributed by atoms with E-state index in [2.05, 4.69) is 41.3 Å². The number of aromatic nitrogens is 1. The number of benzene rings is 1. The van der Waals surface area contributed by atoms with Crippen molar-refractivity contribution in [3.63, 3.8) is 0 Å². The number of amides is 2. The highest BCUT2D eigenvalue weighted by Gasteiger charge is 2.24. The molecule has 2 amide bonds. The molecule has 1 aliphatic rings. The van der Waals surface area contributed by atoms with Gasteiger partial charge in [-0.1, -0.05) is 19.1 Å². The molecule has 0 saturated heterocycles. The van der Waals surface area contributed by atoms with E-state index in [1.165, 1.54) is 16.5 Å². The van der Waals surface area contributed by atoms with Gasteiger partial charge in [-0.3, -0.25) is 9.59 Å². The van der Waals surface area contributed by atoms with E-state index >= 15 is 0 Å². The van der Waals surface area contributed by atoms with Gasteiger partial charge in [0.25, 0.3) is 0 Å². The topological polar surface area (TPSA) is 88.0 Å². The summed E-state index contributed by atoms with van der Waals surface area (Å²) in [6, 6.07) is 6.18. The molecule has 4 N–H and O–H groups in total. The molecule has 1 unspecified atom stereocenters. The third kappa shape index (κ3) is 2.52. The summed E-state index contributed by atoms with van der Waals surface area (Å²) in [5.74, 6) is 0.139. The summed E-state index contributed by atoms with van der Waals surface area (Å²) >= 11 is 0. The second-order valence-electron chi connectivity index (χ2n) is 4.72. The predicted molar refractivity (Wildman–Crippen MR) is 78.3 cm³/mol. The summed E-state index contributed by atoms with van der Waals surface area (Å²) in [6.07, 6.45) is 4.06. The Kier molecular flexibility index (Phi) is 4.40. The van der Waals surface area contributed by atoms with Gasteiger partial charge in [-0.05, 0) is 30.0 Å². The van der Waals surface area contributed by atoms with Gasteiger partial charge < -0.3 is 16.0 Å². The van der Waals surface area contributed by atoms with Crippen LogP contribution >= 0.6 is 0 Å². The summed E-state index contributed by atoms with van der Waals surface area (Å²) < 4.78 is 0. The van der Waals surface area contributed by atoms with Crippen molar-refractivity contribution < 1.29 is 9.59 Å². The molecule has 1 aliphatic heterocycles. The van der Waals surface area contributed by atoms with Crippen molar-refractivity contribution in [2.45, 2.75) is 25.7 Å². The third-order valence-electron chi connectivity index (χ3n) is 3.61. The predicted octanol–water partition coefficient (Wildman–Crippen LogP) is 1.44. The Balaban J connectivity index is 0.000000452. The van der Waals surface area contributed by atoms with E-state index in [1.54, 1.807) is 0 Å². The lowest BCUT2D eigenvalue weighted by Crippen LogP contribution is -2.32. The van der Waals surface area contributed by atoms with Gasteiger partial charge >= 0.3 is 0 Å². The number of carbonyl (C=O) groups excluding carboxylic acids is 2. The Labute approximate surface area is 117 Å². The van der Waals surface area contributed by atoms with E-state index in [9.17, 15) is 4.79 Å². The van der Waals surface area contributed by atoms with Crippen molar-refractivity contribution in [1.82, 2.24) is 10.3 Å².